The second-order valence-corrected chi connectivity index (χ2v) is 4.83. The zero-order chi connectivity index (χ0) is 15.5. The Morgan fingerprint density at radius 2 is 2.05 bits per heavy atom. The fourth-order valence-electron chi connectivity index (χ4n) is 2.22. The SMILES string of the molecule is CCCNC(=O)c1ccc(-c2cc3c(cc2OC)OCO3)o1. The average Bonchev–Trinajstić information content (AvgIpc) is 3.19. The van der Waals surface area contributed by atoms with Gasteiger partial charge in [0.05, 0.1) is 12.7 Å². The van der Waals surface area contributed by atoms with E-state index in [1.54, 1.807) is 31.4 Å². The molecule has 3 rings (SSSR count). The van der Waals surface area contributed by atoms with Crippen LogP contribution in [0.5, 0.6) is 17.2 Å². The molecule has 2 heterocycles. The molecule has 0 aliphatic carbocycles. The second kappa shape index (κ2) is 6.01. The Bertz CT molecular complexity index is 692. The third-order valence-electron chi connectivity index (χ3n) is 3.33. The monoisotopic (exact) mass is 303 g/mol. The van der Waals surface area contributed by atoms with Crippen LogP contribution in [0.25, 0.3) is 11.3 Å². The molecule has 0 saturated heterocycles. The van der Waals surface area contributed by atoms with Gasteiger partial charge in [0.15, 0.2) is 17.3 Å². The highest BCUT2D eigenvalue weighted by Gasteiger charge is 2.21. The number of rotatable bonds is 5. The van der Waals surface area contributed by atoms with Crippen molar-refractivity contribution >= 4 is 5.91 Å². The topological polar surface area (TPSA) is 69.9 Å². The summed E-state index contributed by atoms with van der Waals surface area (Å²) in [5.41, 5.74) is 0.710. The number of nitrogens with one attached hydrogen (secondary N) is 1. The third-order valence-corrected chi connectivity index (χ3v) is 3.33. The maximum Gasteiger partial charge on any atom is 0.287 e. The van der Waals surface area contributed by atoms with Crippen LogP contribution < -0.4 is 19.5 Å². The van der Waals surface area contributed by atoms with E-state index in [0.29, 0.717) is 35.1 Å². The summed E-state index contributed by atoms with van der Waals surface area (Å²) >= 11 is 0. The van der Waals surface area contributed by atoms with Gasteiger partial charge in [0.1, 0.15) is 11.5 Å². The highest BCUT2D eigenvalue weighted by atomic mass is 16.7. The van der Waals surface area contributed by atoms with Crippen LogP contribution in [0.15, 0.2) is 28.7 Å². The van der Waals surface area contributed by atoms with Gasteiger partial charge in [-0.25, -0.2) is 0 Å². The molecule has 2 aromatic rings. The van der Waals surface area contributed by atoms with Crippen molar-refractivity contribution in [2.75, 3.05) is 20.4 Å². The number of fused-ring (bicyclic) bond motifs is 1. The van der Waals surface area contributed by atoms with E-state index in [4.69, 9.17) is 18.6 Å². The molecule has 1 aliphatic heterocycles. The van der Waals surface area contributed by atoms with Crippen molar-refractivity contribution < 1.29 is 23.4 Å². The molecule has 0 unspecified atom stereocenters. The van der Waals surface area contributed by atoms with Crippen molar-refractivity contribution in [1.82, 2.24) is 5.32 Å². The Hall–Kier alpha value is -2.63. The summed E-state index contributed by atoms with van der Waals surface area (Å²) in [5.74, 6) is 2.43. The van der Waals surface area contributed by atoms with Gasteiger partial charge in [-0.2, -0.15) is 0 Å². The highest BCUT2D eigenvalue weighted by molar-refractivity contribution is 5.92. The molecule has 6 heteroatoms. The van der Waals surface area contributed by atoms with E-state index in [0.717, 1.165) is 6.42 Å². The normalized spacial score (nSPS) is 12.3. The molecular weight excluding hydrogens is 286 g/mol. The maximum absolute atomic E-state index is 11.9. The van der Waals surface area contributed by atoms with Gasteiger partial charge in [-0.3, -0.25) is 4.79 Å². The van der Waals surface area contributed by atoms with Crippen LogP contribution in [-0.2, 0) is 0 Å². The van der Waals surface area contributed by atoms with Gasteiger partial charge in [-0.1, -0.05) is 6.92 Å². The molecule has 116 valence electrons. The molecule has 1 aromatic carbocycles. The van der Waals surface area contributed by atoms with Crippen molar-refractivity contribution in [2.24, 2.45) is 0 Å². The molecule has 22 heavy (non-hydrogen) atoms. The fraction of sp³-hybridized carbons (Fsp3) is 0.312. The summed E-state index contributed by atoms with van der Waals surface area (Å²) in [6.45, 7) is 2.79. The fourth-order valence-corrected chi connectivity index (χ4v) is 2.22. The zero-order valence-corrected chi connectivity index (χ0v) is 12.5. The van der Waals surface area contributed by atoms with Crippen LogP contribution in [-0.4, -0.2) is 26.4 Å². The van der Waals surface area contributed by atoms with Crippen LogP contribution >= 0.6 is 0 Å². The van der Waals surface area contributed by atoms with Gasteiger partial charge in [-0.05, 0) is 24.6 Å². The lowest BCUT2D eigenvalue weighted by Gasteiger charge is -2.07. The lowest BCUT2D eigenvalue weighted by molar-refractivity contribution is 0.0927. The van der Waals surface area contributed by atoms with Gasteiger partial charge in [-0.15, -0.1) is 0 Å². The first-order valence-corrected chi connectivity index (χ1v) is 7.09. The molecule has 1 aliphatic rings. The minimum atomic E-state index is -0.229. The highest BCUT2D eigenvalue weighted by Crippen LogP contribution is 2.42. The summed E-state index contributed by atoms with van der Waals surface area (Å²) in [6.07, 6.45) is 0.870. The molecular formula is C16H17NO5. The van der Waals surface area contributed by atoms with Gasteiger partial charge < -0.3 is 23.9 Å². The number of carbonyl (C=O) groups is 1. The van der Waals surface area contributed by atoms with E-state index in [1.165, 1.54) is 0 Å². The number of hydrogen-bond acceptors (Lipinski definition) is 5. The lowest BCUT2D eigenvalue weighted by atomic mass is 10.1. The molecule has 0 spiro atoms. The molecule has 1 N–H and O–H groups in total. The number of furan rings is 1. The molecule has 0 fully saturated rings. The summed E-state index contributed by atoms with van der Waals surface area (Å²) in [4.78, 5) is 11.9. The predicted octanol–water partition coefficient (Wildman–Crippen LogP) is 2.82. The molecule has 1 amide bonds. The predicted molar refractivity (Wildman–Crippen MR) is 79.4 cm³/mol. The Labute approximate surface area is 128 Å². The van der Waals surface area contributed by atoms with E-state index >= 15 is 0 Å². The largest absolute Gasteiger partial charge is 0.496 e. The van der Waals surface area contributed by atoms with Crippen LogP contribution in [0.3, 0.4) is 0 Å². The molecule has 1 aromatic heterocycles. The molecule has 0 saturated carbocycles. The van der Waals surface area contributed by atoms with Gasteiger partial charge in [0.2, 0.25) is 6.79 Å². The van der Waals surface area contributed by atoms with E-state index in [2.05, 4.69) is 5.32 Å². The number of benzene rings is 1. The van der Waals surface area contributed by atoms with Crippen LogP contribution in [0, 0.1) is 0 Å². The minimum Gasteiger partial charge on any atom is -0.496 e. The van der Waals surface area contributed by atoms with Crippen LogP contribution in [0.4, 0.5) is 0 Å². The zero-order valence-electron chi connectivity index (χ0n) is 12.5. The maximum atomic E-state index is 11.9. The van der Waals surface area contributed by atoms with E-state index in [9.17, 15) is 4.79 Å². The quantitative estimate of drug-likeness (QED) is 0.919. The van der Waals surface area contributed by atoms with E-state index < -0.39 is 0 Å². The van der Waals surface area contributed by atoms with Gasteiger partial charge in [0.25, 0.3) is 5.91 Å². The molecule has 0 radical (unpaired) electrons. The van der Waals surface area contributed by atoms with Crippen molar-refractivity contribution in [2.45, 2.75) is 13.3 Å². The first-order chi connectivity index (χ1) is 10.7. The Kier molecular flexibility index (Phi) is 3.91. The first-order valence-electron chi connectivity index (χ1n) is 7.09. The Morgan fingerprint density at radius 1 is 1.27 bits per heavy atom. The Balaban J connectivity index is 1.91. The average molecular weight is 303 g/mol. The number of methoxy groups -OCH3 is 1. The van der Waals surface area contributed by atoms with Gasteiger partial charge in [0, 0.05) is 12.6 Å². The number of amides is 1. The summed E-state index contributed by atoms with van der Waals surface area (Å²) in [7, 11) is 1.57. The van der Waals surface area contributed by atoms with Gasteiger partial charge >= 0.3 is 0 Å². The first kappa shape index (κ1) is 14.3. The lowest BCUT2D eigenvalue weighted by Crippen LogP contribution is -2.23. The number of carbonyl (C=O) groups excluding carboxylic acids is 1. The van der Waals surface area contributed by atoms with Crippen molar-refractivity contribution in [1.29, 1.82) is 0 Å². The Morgan fingerprint density at radius 3 is 2.77 bits per heavy atom. The van der Waals surface area contributed by atoms with Crippen molar-refractivity contribution in [3.05, 3.63) is 30.0 Å². The number of ether oxygens (including phenoxy) is 3. The smallest absolute Gasteiger partial charge is 0.287 e. The second-order valence-electron chi connectivity index (χ2n) is 4.83. The summed E-state index contributed by atoms with van der Waals surface area (Å²) < 4.78 is 21.7. The van der Waals surface area contributed by atoms with E-state index in [-0.39, 0.29) is 18.5 Å². The molecule has 0 bridgehead atoms. The molecule has 6 nitrogen and oxygen atoms in total. The summed E-state index contributed by atoms with van der Waals surface area (Å²) in [6, 6.07) is 6.91. The summed E-state index contributed by atoms with van der Waals surface area (Å²) in [5, 5.41) is 2.78. The standard InChI is InChI=1S/C16H17NO5/c1-3-6-17-16(18)12-5-4-11(22-12)10-7-14-15(21-9-20-14)8-13(10)19-2/h4-5,7-8H,3,6,9H2,1-2H3,(H,17,18). The van der Waals surface area contributed by atoms with Crippen LogP contribution in [0.1, 0.15) is 23.9 Å². The minimum absolute atomic E-state index is 0.185. The third kappa shape index (κ3) is 2.59. The van der Waals surface area contributed by atoms with Crippen LogP contribution in [0.2, 0.25) is 0 Å². The number of hydrogen-bond donors (Lipinski definition) is 1. The van der Waals surface area contributed by atoms with E-state index in [1.807, 2.05) is 6.92 Å². The van der Waals surface area contributed by atoms with Crippen molar-refractivity contribution in [3.63, 3.8) is 0 Å². The molecule has 0 atom stereocenters. The van der Waals surface area contributed by atoms with Crippen molar-refractivity contribution in [3.8, 4) is 28.6 Å².